The highest BCUT2D eigenvalue weighted by molar-refractivity contribution is 6.04. The second-order valence-corrected chi connectivity index (χ2v) is 5.92. The molecule has 7 heteroatoms. The smallest absolute Gasteiger partial charge is 0.274 e. The average molecular weight is 342 g/mol. The molecule has 25 heavy (non-hydrogen) atoms. The number of carbonyl (C=O) groups excluding carboxylic acids is 2. The normalized spacial score (nSPS) is 14.8. The summed E-state index contributed by atoms with van der Waals surface area (Å²) in [7, 11) is 0. The van der Waals surface area contributed by atoms with Crippen LogP contribution in [0.4, 0.5) is 15.8 Å². The minimum absolute atomic E-state index is 0.159. The molecule has 0 aliphatic carbocycles. The van der Waals surface area contributed by atoms with Crippen LogP contribution in [0.1, 0.15) is 23.3 Å². The number of nitrogens with zero attached hydrogens (tertiary/aromatic N) is 2. The molecule has 1 aliphatic rings. The van der Waals surface area contributed by atoms with E-state index in [4.69, 9.17) is 0 Å². The Morgan fingerprint density at radius 3 is 2.68 bits per heavy atom. The zero-order valence-corrected chi connectivity index (χ0v) is 13.6. The number of anilines is 2. The van der Waals surface area contributed by atoms with Gasteiger partial charge in [0.2, 0.25) is 6.41 Å². The Kier molecular flexibility index (Phi) is 5.23. The van der Waals surface area contributed by atoms with Gasteiger partial charge in [-0.15, -0.1) is 0 Å². The van der Waals surface area contributed by atoms with Crippen LogP contribution in [0.3, 0.4) is 0 Å². The molecule has 0 radical (unpaired) electrons. The molecule has 0 bridgehead atoms. The van der Waals surface area contributed by atoms with Crippen molar-refractivity contribution >= 4 is 23.7 Å². The number of halogens is 1. The highest BCUT2D eigenvalue weighted by Crippen LogP contribution is 2.26. The van der Waals surface area contributed by atoms with E-state index in [1.54, 1.807) is 29.2 Å². The lowest BCUT2D eigenvalue weighted by atomic mass is 10.0. The highest BCUT2D eigenvalue weighted by atomic mass is 19.1. The second-order valence-electron chi connectivity index (χ2n) is 5.92. The lowest BCUT2D eigenvalue weighted by Gasteiger charge is -2.30. The molecule has 1 aliphatic heterocycles. The Bertz CT molecular complexity index is 746. The van der Waals surface area contributed by atoms with Gasteiger partial charge >= 0.3 is 0 Å². The number of piperidine rings is 1. The second kappa shape index (κ2) is 7.74. The minimum Gasteiger partial charge on any atom is -0.380 e. The quantitative estimate of drug-likeness (QED) is 0.819. The summed E-state index contributed by atoms with van der Waals surface area (Å²) in [6, 6.07) is 9.42. The van der Waals surface area contributed by atoms with Gasteiger partial charge in [0.15, 0.2) is 0 Å². The fourth-order valence-corrected chi connectivity index (χ4v) is 2.80. The van der Waals surface area contributed by atoms with Crippen molar-refractivity contribution in [3.8, 4) is 0 Å². The Labute approximate surface area is 145 Å². The number of amides is 2. The summed E-state index contributed by atoms with van der Waals surface area (Å²) in [4.78, 5) is 28.8. The predicted molar refractivity (Wildman–Crippen MR) is 92.9 cm³/mol. The molecular formula is C18H19FN4O2. The Morgan fingerprint density at radius 2 is 2.00 bits per heavy atom. The van der Waals surface area contributed by atoms with Crippen LogP contribution in [0.15, 0.2) is 42.6 Å². The number of aromatic nitrogens is 1. The van der Waals surface area contributed by atoms with Crippen molar-refractivity contribution < 1.29 is 14.0 Å². The molecule has 2 N–H and O–H groups in total. The first-order valence-corrected chi connectivity index (χ1v) is 8.13. The number of pyridine rings is 1. The number of rotatable bonds is 5. The molecule has 0 spiro atoms. The van der Waals surface area contributed by atoms with Gasteiger partial charge in [0.05, 0.1) is 11.4 Å². The molecule has 0 saturated carbocycles. The third-order valence-electron chi connectivity index (χ3n) is 4.17. The Balaban J connectivity index is 1.72. The van der Waals surface area contributed by atoms with Gasteiger partial charge in [-0.1, -0.05) is 6.07 Å². The first kappa shape index (κ1) is 16.9. The number of carbonyl (C=O) groups is 2. The average Bonchev–Trinajstić information content (AvgIpc) is 2.65. The van der Waals surface area contributed by atoms with Gasteiger partial charge in [-0.2, -0.15) is 0 Å². The monoisotopic (exact) mass is 342 g/mol. The van der Waals surface area contributed by atoms with Crippen molar-refractivity contribution in [3.63, 3.8) is 0 Å². The van der Waals surface area contributed by atoms with Crippen LogP contribution in [0.25, 0.3) is 0 Å². The van der Waals surface area contributed by atoms with Gasteiger partial charge < -0.3 is 15.5 Å². The zero-order valence-electron chi connectivity index (χ0n) is 13.6. The summed E-state index contributed by atoms with van der Waals surface area (Å²) in [6.07, 6.45) is 3.97. The van der Waals surface area contributed by atoms with E-state index in [1.807, 2.05) is 0 Å². The number of likely N-dealkylation sites (tertiary alicyclic amines) is 1. The lowest BCUT2D eigenvalue weighted by Crippen LogP contribution is -2.38. The molecule has 2 aromatic rings. The van der Waals surface area contributed by atoms with Crippen LogP contribution in [0.2, 0.25) is 0 Å². The van der Waals surface area contributed by atoms with Crippen molar-refractivity contribution in [2.24, 2.45) is 0 Å². The van der Waals surface area contributed by atoms with Gasteiger partial charge in [-0.3, -0.25) is 14.6 Å². The third kappa shape index (κ3) is 4.32. The lowest BCUT2D eigenvalue weighted by molar-refractivity contribution is -0.118. The molecular weight excluding hydrogens is 323 g/mol. The minimum atomic E-state index is -0.433. The van der Waals surface area contributed by atoms with Crippen LogP contribution < -0.4 is 10.6 Å². The van der Waals surface area contributed by atoms with E-state index < -0.39 is 11.7 Å². The van der Waals surface area contributed by atoms with Gasteiger partial charge in [0.25, 0.3) is 5.91 Å². The molecule has 0 unspecified atom stereocenters. The van der Waals surface area contributed by atoms with E-state index in [9.17, 15) is 14.0 Å². The maximum Gasteiger partial charge on any atom is 0.274 e. The number of hydrogen-bond donors (Lipinski definition) is 2. The first-order chi connectivity index (χ1) is 12.2. The number of benzene rings is 1. The topological polar surface area (TPSA) is 74.3 Å². The predicted octanol–water partition coefficient (Wildman–Crippen LogP) is 2.51. The van der Waals surface area contributed by atoms with Crippen LogP contribution in [-0.2, 0) is 4.79 Å². The summed E-state index contributed by atoms with van der Waals surface area (Å²) < 4.78 is 13.6. The van der Waals surface area contributed by atoms with E-state index in [2.05, 4.69) is 15.6 Å². The molecule has 1 saturated heterocycles. The largest absolute Gasteiger partial charge is 0.380 e. The molecule has 6 nitrogen and oxygen atoms in total. The summed E-state index contributed by atoms with van der Waals surface area (Å²) in [5, 5.41) is 6.04. The maximum absolute atomic E-state index is 13.6. The van der Waals surface area contributed by atoms with Crippen LogP contribution in [-0.4, -0.2) is 41.3 Å². The number of hydrogen-bond acceptors (Lipinski definition) is 4. The Hall–Kier alpha value is -2.96. The van der Waals surface area contributed by atoms with E-state index in [-0.39, 0.29) is 11.7 Å². The van der Waals surface area contributed by atoms with Gasteiger partial charge in [-0.25, -0.2) is 4.39 Å². The van der Waals surface area contributed by atoms with Crippen molar-refractivity contribution in [1.82, 2.24) is 9.88 Å². The van der Waals surface area contributed by atoms with Crippen molar-refractivity contribution in [3.05, 3.63) is 54.1 Å². The standard InChI is InChI=1S/C18H19FN4O2/c19-13-4-5-15(21-14-6-9-23(12-24)10-7-14)17(11-13)22-18(25)16-3-1-2-8-20-16/h1-5,8,11-12,14,21H,6-7,9-10H2,(H,22,25). The van der Waals surface area contributed by atoms with Gasteiger partial charge in [0, 0.05) is 25.3 Å². The van der Waals surface area contributed by atoms with E-state index in [0.717, 1.165) is 19.3 Å². The molecule has 1 fully saturated rings. The van der Waals surface area contributed by atoms with Crippen LogP contribution in [0.5, 0.6) is 0 Å². The number of nitrogens with one attached hydrogen (secondary N) is 2. The van der Waals surface area contributed by atoms with Crippen LogP contribution >= 0.6 is 0 Å². The fourth-order valence-electron chi connectivity index (χ4n) is 2.80. The highest BCUT2D eigenvalue weighted by Gasteiger charge is 2.19. The van der Waals surface area contributed by atoms with Crippen LogP contribution in [0, 0.1) is 5.82 Å². The molecule has 2 heterocycles. The van der Waals surface area contributed by atoms with E-state index in [1.165, 1.54) is 18.3 Å². The summed E-state index contributed by atoms with van der Waals surface area (Å²) in [5.41, 5.74) is 1.28. The van der Waals surface area contributed by atoms with Crippen molar-refractivity contribution in [2.75, 3.05) is 23.7 Å². The zero-order chi connectivity index (χ0) is 17.6. The summed E-state index contributed by atoms with van der Waals surface area (Å²) in [5.74, 6) is -0.831. The van der Waals surface area contributed by atoms with E-state index >= 15 is 0 Å². The SMILES string of the molecule is O=CN1CCC(Nc2ccc(F)cc2NC(=O)c2ccccn2)CC1. The molecule has 1 aromatic heterocycles. The first-order valence-electron chi connectivity index (χ1n) is 8.13. The summed E-state index contributed by atoms with van der Waals surface area (Å²) in [6.45, 7) is 1.36. The van der Waals surface area contributed by atoms with E-state index in [0.29, 0.717) is 24.5 Å². The van der Waals surface area contributed by atoms with Gasteiger partial charge in [0.1, 0.15) is 11.5 Å². The molecule has 130 valence electrons. The summed E-state index contributed by atoms with van der Waals surface area (Å²) >= 11 is 0. The maximum atomic E-state index is 13.6. The molecule has 3 rings (SSSR count). The fraction of sp³-hybridized carbons (Fsp3) is 0.278. The van der Waals surface area contributed by atoms with Gasteiger partial charge in [-0.05, 0) is 43.2 Å². The Morgan fingerprint density at radius 1 is 1.20 bits per heavy atom. The molecule has 1 aromatic carbocycles. The molecule has 2 amide bonds. The van der Waals surface area contributed by atoms with Crippen molar-refractivity contribution in [1.29, 1.82) is 0 Å². The molecule has 0 atom stereocenters. The van der Waals surface area contributed by atoms with Crippen molar-refractivity contribution in [2.45, 2.75) is 18.9 Å². The third-order valence-corrected chi connectivity index (χ3v) is 4.17.